The summed E-state index contributed by atoms with van der Waals surface area (Å²) in [6.45, 7) is 9.74. The van der Waals surface area contributed by atoms with Crippen molar-refractivity contribution in [1.29, 1.82) is 0 Å². The van der Waals surface area contributed by atoms with Crippen LogP contribution in [0.3, 0.4) is 0 Å². The molecule has 2 rings (SSSR count). The highest BCUT2D eigenvalue weighted by atomic mass is 16.5. The molecule has 1 N–H and O–H groups in total. The Morgan fingerprint density at radius 3 is 2.58 bits per heavy atom. The molecule has 3 nitrogen and oxygen atoms in total. The summed E-state index contributed by atoms with van der Waals surface area (Å²) in [5.41, 5.74) is 0.497. The summed E-state index contributed by atoms with van der Waals surface area (Å²) in [6, 6.07) is 0. The highest BCUT2D eigenvalue weighted by molar-refractivity contribution is 4.96. The topological polar surface area (TPSA) is 30.5 Å². The molecule has 2 atom stereocenters. The summed E-state index contributed by atoms with van der Waals surface area (Å²) in [7, 11) is 1.76. The predicted octanol–water partition coefficient (Wildman–Crippen LogP) is 2.99. The molecule has 0 aromatic rings. The molecule has 0 aromatic heterocycles. The zero-order valence-corrected chi connectivity index (χ0v) is 13.1. The van der Waals surface area contributed by atoms with Gasteiger partial charge in [0.15, 0.2) is 0 Å². The number of nitrogens with one attached hydrogen (secondary N) is 1. The lowest BCUT2D eigenvalue weighted by Crippen LogP contribution is -2.38. The largest absolute Gasteiger partial charge is 0.383 e. The van der Waals surface area contributed by atoms with Crippen molar-refractivity contribution in [3.05, 3.63) is 0 Å². The standard InChI is InChI=1S/C16H31NO2/c1-15(2)8-7-14(19-15)11-16(3,13-5-6-13)12-17-9-10-18-4/h13-14,17H,5-12H2,1-4H3. The summed E-state index contributed by atoms with van der Waals surface area (Å²) in [5.74, 6) is 0.898. The van der Waals surface area contributed by atoms with Crippen molar-refractivity contribution in [3.8, 4) is 0 Å². The van der Waals surface area contributed by atoms with Gasteiger partial charge in [-0.1, -0.05) is 6.92 Å². The van der Waals surface area contributed by atoms with E-state index in [2.05, 4.69) is 26.1 Å². The van der Waals surface area contributed by atoms with Crippen molar-refractivity contribution in [2.45, 2.75) is 64.6 Å². The van der Waals surface area contributed by atoms with Crippen LogP contribution in [-0.2, 0) is 9.47 Å². The summed E-state index contributed by atoms with van der Waals surface area (Å²) < 4.78 is 11.3. The minimum absolute atomic E-state index is 0.0958. The van der Waals surface area contributed by atoms with Gasteiger partial charge in [0.2, 0.25) is 0 Å². The third-order valence-electron chi connectivity index (χ3n) is 4.82. The molecule has 3 heteroatoms. The Balaban J connectivity index is 1.81. The van der Waals surface area contributed by atoms with Crippen LogP contribution in [0.25, 0.3) is 0 Å². The van der Waals surface area contributed by atoms with Crippen LogP contribution < -0.4 is 5.32 Å². The molecule has 0 aromatic carbocycles. The van der Waals surface area contributed by atoms with Gasteiger partial charge in [0.25, 0.3) is 0 Å². The number of rotatable bonds is 8. The van der Waals surface area contributed by atoms with Crippen LogP contribution in [0.1, 0.15) is 52.9 Å². The van der Waals surface area contributed by atoms with E-state index in [0.29, 0.717) is 11.5 Å². The second-order valence-electron chi connectivity index (χ2n) is 7.34. The van der Waals surface area contributed by atoms with E-state index >= 15 is 0 Å². The van der Waals surface area contributed by atoms with Gasteiger partial charge in [0.05, 0.1) is 18.3 Å². The van der Waals surface area contributed by atoms with E-state index in [1.165, 1.54) is 32.1 Å². The Bertz CT molecular complexity index is 288. The molecule has 0 bridgehead atoms. The second-order valence-corrected chi connectivity index (χ2v) is 7.34. The first-order valence-corrected chi connectivity index (χ1v) is 7.83. The third-order valence-corrected chi connectivity index (χ3v) is 4.82. The van der Waals surface area contributed by atoms with Crippen molar-refractivity contribution in [2.75, 3.05) is 26.8 Å². The second kappa shape index (κ2) is 6.11. The normalized spacial score (nSPS) is 29.4. The Morgan fingerprint density at radius 2 is 2.05 bits per heavy atom. The maximum absolute atomic E-state index is 6.20. The van der Waals surface area contributed by atoms with Crippen molar-refractivity contribution in [2.24, 2.45) is 11.3 Å². The van der Waals surface area contributed by atoms with Gasteiger partial charge in [0.1, 0.15) is 0 Å². The van der Waals surface area contributed by atoms with Crippen LogP contribution in [-0.4, -0.2) is 38.5 Å². The molecule has 1 aliphatic heterocycles. The minimum atomic E-state index is 0.0958. The summed E-state index contributed by atoms with van der Waals surface area (Å²) in [4.78, 5) is 0. The summed E-state index contributed by atoms with van der Waals surface area (Å²) in [6.07, 6.45) is 6.91. The molecule has 112 valence electrons. The molecule has 1 aliphatic carbocycles. The Kier molecular flexibility index (Phi) is 4.91. The molecule has 0 radical (unpaired) electrons. The number of hydrogen-bond acceptors (Lipinski definition) is 3. The first kappa shape index (κ1) is 15.3. The zero-order valence-electron chi connectivity index (χ0n) is 13.1. The Hall–Kier alpha value is -0.120. The van der Waals surface area contributed by atoms with Gasteiger partial charge in [0, 0.05) is 20.2 Å². The molecule has 1 heterocycles. The quantitative estimate of drug-likeness (QED) is 0.687. The molecular weight excluding hydrogens is 238 g/mol. The third kappa shape index (κ3) is 4.44. The lowest BCUT2D eigenvalue weighted by atomic mass is 9.79. The fourth-order valence-electron chi connectivity index (χ4n) is 3.45. The van der Waals surface area contributed by atoms with Gasteiger partial charge >= 0.3 is 0 Å². The average molecular weight is 269 g/mol. The monoisotopic (exact) mass is 269 g/mol. The van der Waals surface area contributed by atoms with E-state index in [1.807, 2.05) is 0 Å². The van der Waals surface area contributed by atoms with Crippen LogP contribution in [0, 0.1) is 11.3 Å². The zero-order chi connectivity index (χ0) is 13.9. The Morgan fingerprint density at radius 1 is 1.32 bits per heavy atom. The van der Waals surface area contributed by atoms with Crippen LogP contribution in [0.15, 0.2) is 0 Å². The first-order valence-electron chi connectivity index (χ1n) is 7.83. The molecular formula is C16H31NO2. The first-order chi connectivity index (χ1) is 8.95. The smallest absolute Gasteiger partial charge is 0.0631 e. The van der Waals surface area contributed by atoms with Crippen molar-refractivity contribution in [1.82, 2.24) is 5.32 Å². The maximum Gasteiger partial charge on any atom is 0.0631 e. The van der Waals surface area contributed by atoms with Crippen molar-refractivity contribution in [3.63, 3.8) is 0 Å². The summed E-state index contributed by atoms with van der Waals surface area (Å²) >= 11 is 0. The molecule has 0 spiro atoms. The van der Waals surface area contributed by atoms with E-state index in [1.54, 1.807) is 7.11 Å². The van der Waals surface area contributed by atoms with Crippen molar-refractivity contribution < 1.29 is 9.47 Å². The van der Waals surface area contributed by atoms with Crippen LogP contribution in [0.4, 0.5) is 0 Å². The molecule has 1 saturated carbocycles. The van der Waals surface area contributed by atoms with Gasteiger partial charge in [-0.15, -0.1) is 0 Å². The van der Waals surface area contributed by atoms with Gasteiger partial charge in [-0.25, -0.2) is 0 Å². The lowest BCUT2D eigenvalue weighted by Gasteiger charge is -2.33. The van der Waals surface area contributed by atoms with Crippen LogP contribution in [0.2, 0.25) is 0 Å². The fourth-order valence-corrected chi connectivity index (χ4v) is 3.45. The molecule has 1 saturated heterocycles. The lowest BCUT2D eigenvalue weighted by molar-refractivity contribution is -0.0365. The number of ether oxygens (including phenoxy) is 2. The van der Waals surface area contributed by atoms with Crippen LogP contribution in [0.5, 0.6) is 0 Å². The molecule has 19 heavy (non-hydrogen) atoms. The van der Waals surface area contributed by atoms with Crippen LogP contribution >= 0.6 is 0 Å². The Labute approximate surface area is 118 Å². The molecule has 2 fully saturated rings. The highest BCUT2D eigenvalue weighted by Crippen LogP contribution is 2.49. The summed E-state index contributed by atoms with van der Waals surface area (Å²) in [5, 5.41) is 3.56. The van der Waals surface area contributed by atoms with Crippen molar-refractivity contribution >= 4 is 0 Å². The average Bonchev–Trinajstić information content (AvgIpc) is 3.12. The van der Waals surface area contributed by atoms with E-state index in [9.17, 15) is 0 Å². The van der Waals surface area contributed by atoms with E-state index in [4.69, 9.17) is 9.47 Å². The predicted molar refractivity (Wildman–Crippen MR) is 78.4 cm³/mol. The minimum Gasteiger partial charge on any atom is -0.383 e. The van der Waals surface area contributed by atoms with Gasteiger partial charge in [-0.3, -0.25) is 0 Å². The van der Waals surface area contributed by atoms with E-state index in [0.717, 1.165) is 25.6 Å². The molecule has 0 amide bonds. The highest BCUT2D eigenvalue weighted by Gasteiger charge is 2.44. The van der Waals surface area contributed by atoms with Gasteiger partial charge in [-0.05, 0) is 57.3 Å². The molecule has 2 aliphatic rings. The molecule has 2 unspecified atom stereocenters. The van der Waals surface area contributed by atoms with E-state index in [-0.39, 0.29) is 5.60 Å². The maximum atomic E-state index is 6.20. The fraction of sp³-hybridized carbons (Fsp3) is 1.00. The number of hydrogen-bond donors (Lipinski definition) is 1. The number of methoxy groups -OCH3 is 1. The van der Waals surface area contributed by atoms with Gasteiger partial charge in [-0.2, -0.15) is 0 Å². The SMILES string of the molecule is COCCNCC(C)(CC1CCC(C)(C)O1)C1CC1. The van der Waals surface area contributed by atoms with Gasteiger partial charge < -0.3 is 14.8 Å². The van der Waals surface area contributed by atoms with E-state index < -0.39 is 0 Å².